The van der Waals surface area contributed by atoms with Crippen molar-refractivity contribution in [3.05, 3.63) is 46.7 Å². The van der Waals surface area contributed by atoms with E-state index in [1.54, 1.807) is 14.2 Å². The average molecular weight is 407 g/mol. The van der Waals surface area contributed by atoms with Gasteiger partial charge < -0.3 is 14.2 Å². The summed E-state index contributed by atoms with van der Waals surface area (Å²) >= 11 is 0. The maximum atomic E-state index is 9.19. The molecule has 0 radical (unpaired) electrons. The minimum atomic E-state index is -3.67. The van der Waals surface area contributed by atoms with E-state index in [-0.39, 0.29) is 11.5 Å². The smallest absolute Gasteiger partial charge is 0.261 e. The third-order valence-electron chi connectivity index (χ3n) is 6.16. The molecular weight excluding hydrogens is 382 g/mol. The third-order valence-corrected chi connectivity index (χ3v) is 6.16. The predicted octanol–water partition coefficient (Wildman–Crippen LogP) is 1.93. The molecule has 2 aliphatic carbocycles. The number of piperidine rings is 1. The van der Waals surface area contributed by atoms with Crippen molar-refractivity contribution in [2.24, 2.45) is 0 Å². The monoisotopic (exact) mass is 407 g/mol. The molecule has 1 N–H and O–H groups in total. The van der Waals surface area contributed by atoms with E-state index in [1.807, 2.05) is 6.07 Å². The van der Waals surface area contributed by atoms with Crippen LogP contribution in [-0.2, 0) is 26.7 Å². The van der Waals surface area contributed by atoms with Crippen LogP contribution >= 0.6 is 0 Å². The van der Waals surface area contributed by atoms with Crippen LogP contribution in [0.3, 0.4) is 0 Å². The molecule has 1 aromatic rings. The second kappa shape index (κ2) is 6.50. The maximum absolute atomic E-state index is 9.19. The van der Waals surface area contributed by atoms with Crippen LogP contribution in [0, 0.1) is 0 Å². The molecule has 28 heavy (non-hydrogen) atoms. The van der Waals surface area contributed by atoms with Gasteiger partial charge in [-0.3, -0.25) is 9.45 Å². The SMILES string of the molecule is COC1=CC=C2[C@H]3Cc4ccc(OC)c5c4[C@@]2(CCN3C)[C@H]1O5.CS(=O)(=O)O. The zero-order valence-corrected chi connectivity index (χ0v) is 17.2. The van der Waals surface area contributed by atoms with Crippen LogP contribution in [0.15, 0.2) is 35.6 Å². The average Bonchev–Trinajstić information content (AvgIpc) is 2.98. The Hall–Kier alpha value is -2.03. The number of hydrogen-bond donors (Lipinski definition) is 1. The molecule has 1 spiro atoms. The largest absolute Gasteiger partial charge is 0.497 e. The second-order valence-corrected chi connectivity index (χ2v) is 9.15. The molecular formula is C20H25NO6S. The van der Waals surface area contributed by atoms with Gasteiger partial charge in [0.15, 0.2) is 17.6 Å². The molecule has 0 unspecified atom stereocenters. The lowest BCUT2D eigenvalue weighted by molar-refractivity contribution is 0.0734. The Balaban J connectivity index is 0.000000346. The Bertz CT molecular complexity index is 975. The van der Waals surface area contributed by atoms with Gasteiger partial charge in [-0.05, 0) is 49.7 Å². The highest BCUT2D eigenvalue weighted by Crippen LogP contribution is 2.62. The van der Waals surface area contributed by atoms with Crippen molar-refractivity contribution in [1.29, 1.82) is 0 Å². The number of allylic oxidation sites excluding steroid dienone is 2. The highest BCUT2D eigenvalue weighted by Gasteiger charge is 2.61. The molecule has 2 heterocycles. The Morgan fingerprint density at radius 1 is 1.25 bits per heavy atom. The van der Waals surface area contributed by atoms with Crippen molar-refractivity contribution < 1.29 is 27.2 Å². The minimum Gasteiger partial charge on any atom is -0.497 e. The van der Waals surface area contributed by atoms with Crippen LogP contribution in [-0.4, -0.2) is 64.1 Å². The summed E-state index contributed by atoms with van der Waals surface area (Å²) in [4.78, 5) is 2.48. The van der Waals surface area contributed by atoms with Gasteiger partial charge in [-0.25, -0.2) is 0 Å². The van der Waals surface area contributed by atoms with Gasteiger partial charge in [0.2, 0.25) is 0 Å². The molecule has 3 atom stereocenters. The summed E-state index contributed by atoms with van der Waals surface area (Å²) in [5.41, 5.74) is 4.15. The predicted molar refractivity (Wildman–Crippen MR) is 104 cm³/mol. The Labute approximate surface area is 165 Å². The Morgan fingerprint density at radius 3 is 2.61 bits per heavy atom. The van der Waals surface area contributed by atoms with Crippen LogP contribution in [0.4, 0.5) is 0 Å². The van der Waals surface area contributed by atoms with Gasteiger partial charge in [0.05, 0.1) is 25.9 Å². The molecule has 1 saturated heterocycles. The van der Waals surface area contributed by atoms with Crippen molar-refractivity contribution in [1.82, 2.24) is 4.90 Å². The molecule has 0 aromatic heterocycles. The van der Waals surface area contributed by atoms with Crippen molar-refractivity contribution >= 4 is 10.1 Å². The van der Waals surface area contributed by atoms with Crippen molar-refractivity contribution in [3.63, 3.8) is 0 Å². The fraction of sp³-hybridized carbons (Fsp3) is 0.500. The summed E-state index contributed by atoms with van der Waals surface area (Å²) in [5, 5.41) is 0. The molecule has 0 amide bonds. The minimum absolute atomic E-state index is 0.0611. The topological polar surface area (TPSA) is 85.3 Å². The van der Waals surface area contributed by atoms with Crippen molar-refractivity contribution in [3.8, 4) is 11.5 Å². The summed E-state index contributed by atoms with van der Waals surface area (Å²) in [6.45, 7) is 1.08. The number of likely N-dealkylation sites (tertiary alicyclic amines) is 1. The molecule has 152 valence electrons. The van der Waals surface area contributed by atoms with Crippen LogP contribution in [0.25, 0.3) is 0 Å². The van der Waals surface area contributed by atoms with E-state index >= 15 is 0 Å². The maximum Gasteiger partial charge on any atom is 0.261 e. The van der Waals surface area contributed by atoms with Crippen LogP contribution in [0.1, 0.15) is 17.5 Å². The molecule has 8 heteroatoms. The van der Waals surface area contributed by atoms with Gasteiger partial charge in [0.1, 0.15) is 5.76 Å². The number of hydrogen-bond acceptors (Lipinski definition) is 6. The lowest BCUT2D eigenvalue weighted by Gasteiger charge is -2.52. The fourth-order valence-corrected chi connectivity index (χ4v) is 5.10. The van der Waals surface area contributed by atoms with E-state index in [1.165, 1.54) is 16.7 Å². The number of likely N-dealkylation sites (N-methyl/N-ethyl adjacent to an activating group) is 1. The lowest BCUT2D eigenvalue weighted by Crippen LogP contribution is -2.58. The standard InChI is InChI=1S/C19H21NO3.CH4O3S/c1-20-9-8-19-12-5-7-15(22-3)18(19)23-17-14(21-2)6-4-11(16(17)19)10-13(12)20;1-5(2,3)4/h4-7,13,18H,8-10H2,1-3H3;1H3,(H,2,3,4)/t13-,18+,19+;/m1./s1. The van der Waals surface area contributed by atoms with Gasteiger partial charge in [-0.2, -0.15) is 8.42 Å². The summed E-state index contributed by atoms with van der Waals surface area (Å²) in [5.74, 6) is 2.68. The van der Waals surface area contributed by atoms with Gasteiger partial charge in [0.25, 0.3) is 10.1 Å². The molecule has 0 saturated carbocycles. The van der Waals surface area contributed by atoms with E-state index in [0.29, 0.717) is 12.3 Å². The molecule has 2 bridgehead atoms. The quantitative estimate of drug-likeness (QED) is 0.750. The summed E-state index contributed by atoms with van der Waals surface area (Å²) in [6.07, 6.45) is 7.12. The van der Waals surface area contributed by atoms with Crippen LogP contribution < -0.4 is 9.47 Å². The molecule has 2 aliphatic heterocycles. The number of nitrogens with zero attached hydrogens (tertiary/aromatic N) is 1. The lowest BCUT2D eigenvalue weighted by atomic mass is 9.57. The van der Waals surface area contributed by atoms with Gasteiger partial charge in [-0.15, -0.1) is 0 Å². The highest BCUT2D eigenvalue weighted by atomic mass is 32.2. The van der Waals surface area contributed by atoms with Gasteiger partial charge in [-0.1, -0.05) is 12.1 Å². The van der Waals surface area contributed by atoms with Crippen molar-refractivity contribution in [2.75, 3.05) is 34.1 Å². The van der Waals surface area contributed by atoms with Gasteiger partial charge in [0, 0.05) is 11.6 Å². The van der Waals surface area contributed by atoms with E-state index in [4.69, 9.17) is 18.8 Å². The van der Waals surface area contributed by atoms with E-state index in [2.05, 4.69) is 30.2 Å². The highest BCUT2D eigenvalue weighted by molar-refractivity contribution is 7.85. The van der Waals surface area contributed by atoms with E-state index < -0.39 is 10.1 Å². The number of rotatable bonds is 2. The molecule has 7 nitrogen and oxygen atoms in total. The fourth-order valence-electron chi connectivity index (χ4n) is 5.10. The van der Waals surface area contributed by atoms with E-state index in [9.17, 15) is 8.42 Å². The van der Waals surface area contributed by atoms with Crippen LogP contribution in [0.5, 0.6) is 11.5 Å². The normalized spacial score (nSPS) is 29.5. The molecule has 5 rings (SSSR count). The summed E-state index contributed by atoms with van der Waals surface area (Å²) < 4.78 is 43.6. The molecule has 1 aromatic carbocycles. The Kier molecular flexibility index (Phi) is 4.48. The first-order valence-electron chi connectivity index (χ1n) is 9.16. The zero-order valence-electron chi connectivity index (χ0n) is 16.4. The second-order valence-electron chi connectivity index (χ2n) is 7.68. The summed E-state index contributed by atoms with van der Waals surface area (Å²) in [7, 11) is 2.01. The number of benzene rings is 1. The van der Waals surface area contributed by atoms with Gasteiger partial charge >= 0.3 is 0 Å². The Morgan fingerprint density at radius 2 is 1.96 bits per heavy atom. The van der Waals surface area contributed by atoms with Crippen molar-refractivity contribution in [2.45, 2.75) is 30.4 Å². The molecule has 1 fully saturated rings. The first-order chi connectivity index (χ1) is 13.2. The third kappa shape index (κ3) is 2.74. The number of ether oxygens (including phenoxy) is 3. The van der Waals surface area contributed by atoms with E-state index in [0.717, 1.165) is 36.6 Å². The molecule has 4 aliphatic rings. The first kappa shape index (κ1) is 19.3. The summed E-state index contributed by atoms with van der Waals surface area (Å²) in [6, 6.07) is 4.72. The first-order valence-corrected chi connectivity index (χ1v) is 11.0. The zero-order chi connectivity index (χ0) is 20.3. The van der Waals surface area contributed by atoms with Crippen LogP contribution in [0.2, 0.25) is 0 Å². The number of methoxy groups -OCH3 is 2.